The second-order valence-corrected chi connectivity index (χ2v) is 13.3. The Bertz CT molecular complexity index is 2060. The molecule has 0 bridgehead atoms. The molecule has 15 nitrogen and oxygen atoms in total. The number of esters is 1. The number of carboxylic acids is 1. The number of carbonyl (C=O) groups excluding carboxylic acids is 2. The minimum Gasteiger partial charge on any atom is -1.00 e. The summed E-state index contributed by atoms with van der Waals surface area (Å²) in [6, 6.07) is 35.1. The number of benzene rings is 5. The van der Waals surface area contributed by atoms with Crippen molar-refractivity contribution < 1.29 is 176 Å². The Labute approximate surface area is 457 Å². The SMILES string of the molecule is C.CCO.CCOC(=O)c1ccc(-c2ccc(O)cc2)cc1.COCCOS(=O)(=O)c1ccc(C)cc1.COCCOc1ccc(-c2ccc(C(=O)O)cc2)cc1.O=CO[O-].[H-].[K+].[K+]. The van der Waals surface area contributed by atoms with E-state index in [0.717, 1.165) is 33.6 Å². The van der Waals surface area contributed by atoms with Crippen LogP contribution in [0.1, 0.15) is 49.0 Å². The Morgan fingerprint density at radius 3 is 1.48 bits per heavy atom. The van der Waals surface area contributed by atoms with E-state index in [2.05, 4.69) is 4.89 Å². The molecule has 0 saturated carbocycles. The summed E-state index contributed by atoms with van der Waals surface area (Å²) in [5.41, 5.74) is 5.80. The molecule has 5 aromatic rings. The van der Waals surface area contributed by atoms with Gasteiger partial charge in [-0.05, 0) is 104 Å². The number of ether oxygens (including phenoxy) is 4. The molecule has 334 valence electrons. The first-order valence-electron chi connectivity index (χ1n) is 18.2. The summed E-state index contributed by atoms with van der Waals surface area (Å²) >= 11 is 0. The summed E-state index contributed by atoms with van der Waals surface area (Å²) in [5, 5.41) is 34.1. The van der Waals surface area contributed by atoms with Gasteiger partial charge in [0.2, 0.25) is 0 Å². The largest absolute Gasteiger partial charge is 1.00 e. The van der Waals surface area contributed by atoms with Crippen molar-refractivity contribution in [2.24, 2.45) is 0 Å². The average molecular weight is 947 g/mol. The molecule has 0 spiro atoms. The number of aliphatic hydroxyl groups excluding tert-OH is 1. The number of carboxylic acid groups (broad SMARTS) is 1. The van der Waals surface area contributed by atoms with Crippen molar-refractivity contribution in [1.82, 2.24) is 0 Å². The van der Waals surface area contributed by atoms with Crippen LogP contribution in [0.4, 0.5) is 0 Å². The van der Waals surface area contributed by atoms with Crippen molar-refractivity contribution in [3.63, 3.8) is 0 Å². The van der Waals surface area contributed by atoms with Gasteiger partial charge in [0.05, 0.1) is 42.4 Å². The summed E-state index contributed by atoms with van der Waals surface area (Å²) in [6.07, 6.45) is 0. The van der Waals surface area contributed by atoms with Gasteiger partial charge in [-0.1, -0.05) is 73.7 Å². The minimum atomic E-state index is -3.63. The van der Waals surface area contributed by atoms with E-state index in [1.807, 2.05) is 55.5 Å². The smallest absolute Gasteiger partial charge is 1.00 e. The normalized spacial score (nSPS) is 9.51. The van der Waals surface area contributed by atoms with Gasteiger partial charge >= 0.3 is 115 Å². The quantitative estimate of drug-likeness (QED) is 0.0252. The Hall–Kier alpha value is -2.87. The monoisotopic (exact) mass is 946 g/mol. The number of phenols is 1. The summed E-state index contributed by atoms with van der Waals surface area (Å²) < 4.78 is 47.8. The number of carbonyl (C=O) groups is 3. The van der Waals surface area contributed by atoms with Gasteiger partial charge in [-0.15, -0.1) is 0 Å². The Balaban J connectivity index is -0.000000384. The van der Waals surface area contributed by atoms with E-state index < -0.39 is 16.1 Å². The maximum atomic E-state index is 11.5. The molecule has 18 heteroatoms. The average Bonchev–Trinajstić information content (AvgIpc) is 3.25. The number of rotatable bonds is 15. The molecule has 0 atom stereocenters. The molecule has 0 radical (unpaired) electrons. The minimum absolute atomic E-state index is 0. The van der Waals surface area contributed by atoms with Gasteiger partial charge in [-0.2, -0.15) is 8.42 Å². The summed E-state index contributed by atoms with van der Waals surface area (Å²) in [6.45, 7) is 7.16. The number of methoxy groups -OCH3 is 2. The van der Waals surface area contributed by atoms with E-state index in [1.165, 1.54) is 19.2 Å². The molecule has 63 heavy (non-hydrogen) atoms. The van der Waals surface area contributed by atoms with Crippen LogP contribution in [0.2, 0.25) is 0 Å². The molecule has 0 unspecified atom stereocenters. The van der Waals surface area contributed by atoms with Crippen molar-refractivity contribution in [3.8, 4) is 33.8 Å². The fraction of sp³-hybridized carbons (Fsp3) is 0.267. The van der Waals surface area contributed by atoms with Gasteiger partial charge in [0.1, 0.15) is 18.1 Å². The van der Waals surface area contributed by atoms with Gasteiger partial charge < -0.3 is 45.8 Å². The molecule has 3 N–H and O–H groups in total. The van der Waals surface area contributed by atoms with E-state index in [-0.39, 0.29) is 160 Å². The molecule has 0 aliphatic rings. The first kappa shape index (κ1) is 64.4. The number of aliphatic hydroxyl groups is 1. The van der Waals surface area contributed by atoms with Gasteiger partial charge in [-0.3, -0.25) is 8.98 Å². The van der Waals surface area contributed by atoms with Gasteiger partial charge in [0.25, 0.3) is 16.6 Å². The van der Waals surface area contributed by atoms with Gasteiger partial charge in [0, 0.05) is 20.8 Å². The van der Waals surface area contributed by atoms with Gasteiger partial charge in [-0.25, -0.2) is 9.59 Å². The van der Waals surface area contributed by atoms with Crippen LogP contribution in [0.5, 0.6) is 11.5 Å². The number of aryl methyl sites for hydroxylation is 1. The van der Waals surface area contributed by atoms with Crippen molar-refractivity contribution in [2.45, 2.75) is 33.1 Å². The van der Waals surface area contributed by atoms with E-state index >= 15 is 0 Å². The third-order valence-electron chi connectivity index (χ3n) is 7.35. The van der Waals surface area contributed by atoms with Crippen LogP contribution >= 0.6 is 0 Å². The third-order valence-corrected chi connectivity index (χ3v) is 8.67. The summed E-state index contributed by atoms with van der Waals surface area (Å²) in [4.78, 5) is 33.7. The maximum absolute atomic E-state index is 11.5. The van der Waals surface area contributed by atoms with Gasteiger partial charge in [0.15, 0.2) is 0 Å². The molecular formula is C45H56K2O15S. The van der Waals surface area contributed by atoms with Crippen molar-refractivity contribution >= 4 is 28.5 Å². The van der Waals surface area contributed by atoms with Crippen LogP contribution in [0, 0.1) is 6.92 Å². The molecule has 0 aromatic heterocycles. The van der Waals surface area contributed by atoms with Crippen LogP contribution in [-0.4, -0.2) is 96.0 Å². The molecule has 5 rings (SSSR count). The van der Waals surface area contributed by atoms with Crippen LogP contribution < -0.4 is 113 Å². The summed E-state index contributed by atoms with van der Waals surface area (Å²) in [5.74, 6) is -0.206. The number of phenolic OH excluding ortho intramolecular Hbond substituents is 1. The van der Waals surface area contributed by atoms with E-state index in [1.54, 1.807) is 81.6 Å². The van der Waals surface area contributed by atoms with E-state index in [0.29, 0.717) is 25.4 Å². The van der Waals surface area contributed by atoms with Crippen molar-refractivity contribution in [3.05, 3.63) is 138 Å². The first-order valence-corrected chi connectivity index (χ1v) is 19.6. The van der Waals surface area contributed by atoms with Crippen molar-refractivity contribution in [2.75, 3.05) is 53.9 Å². The first-order chi connectivity index (χ1) is 28.8. The second-order valence-electron chi connectivity index (χ2n) is 11.7. The molecule has 0 heterocycles. The van der Waals surface area contributed by atoms with Crippen LogP contribution in [0.3, 0.4) is 0 Å². The molecule has 0 aliphatic carbocycles. The molecular weight excluding hydrogens is 891 g/mol. The standard InChI is InChI=1S/C16H16O4.C15H14O3.C10H14O4S.C2H6O.CH2O3.CH4.2K.H/c1-19-10-11-20-15-8-6-13(7-9-15)12-2-4-14(5-3-12)16(17)18;1-2-18-15(17)13-5-3-11(4-6-13)12-7-9-14(16)10-8-12;1-9-3-5-10(6-4-9)15(11,12)14-8-7-13-2;1-2-3;2-1-4-3;;;;/h2-9H,10-11H2,1H3,(H,17,18);3-10,16H,2H2,1H3;3-6H,7-8H2,1-2H3;3H,2H2,1H3;1,3H;1H4;;;/q;;;;;;2*+1;-1/p-1. The zero-order chi connectivity index (χ0) is 44.8. The van der Waals surface area contributed by atoms with E-state index in [9.17, 15) is 23.1 Å². The fourth-order valence-corrected chi connectivity index (χ4v) is 5.35. The molecule has 0 saturated heterocycles. The molecule has 0 amide bonds. The van der Waals surface area contributed by atoms with Crippen LogP contribution in [-0.2, 0) is 38.2 Å². The Kier molecular flexibility index (Phi) is 39.3. The van der Waals surface area contributed by atoms with E-state index in [4.69, 9.17) is 43.4 Å². The molecule has 0 fully saturated rings. The Morgan fingerprint density at radius 2 is 1.08 bits per heavy atom. The predicted octanol–water partition coefficient (Wildman–Crippen LogP) is 0.850. The second kappa shape index (κ2) is 38.4. The van der Waals surface area contributed by atoms with Crippen LogP contribution in [0.15, 0.2) is 126 Å². The third kappa shape index (κ3) is 27.3. The number of hydrogen-bond donors (Lipinski definition) is 3. The number of aromatic hydroxyl groups is 1. The fourth-order valence-electron chi connectivity index (χ4n) is 4.46. The topological polar surface area (TPSA) is 224 Å². The van der Waals surface area contributed by atoms with Crippen LogP contribution in [0.25, 0.3) is 22.3 Å². The predicted molar refractivity (Wildman–Crippen MR) is 230 cm³/mol. The Morgan fingerprint density at radius 1 is 0.683 bits per heavy atom. The zero-order valence-corrected chi connectivity index (χ0v) is 43.1. The zero-order valence-electron chi connectivity index (χ0n) is 37.0. The number of hydrogen-bond acceptors (Lipinski definition) is 14. The molecule has 5 aromatic carbocycles. The number of aromatic carboxylic acids is 1. The summed E-state index contributed by atoms with van der Waals surface area (Å²) in [7, 11) is -0.509. The molecule has 0 aliphatic heterocycles. The maximum Gasteiger partial charge on any atom is 1.00 e. The van der Waals surface area contributed by atoms with Crippen molar-refractivity contribution in [1.29, 1.82) is 0 Å².